The highest BCUT2D eigenvalue weighted by molar-refractivity contribution is 5.94. The maximum absolute atomic E-state index is 11.8. The highest BCUT2D eigenvalue weighted by atomic mass is 35.5. The summed E-state index contributed by atoms with van der Waals surface area (Å²) in [6.45, 7) is 4.99. The van der Waals surface area contributed by atoms with Gasteiger partial charge in [0.05, 0.1) is 0 Å². The molecule has 0 radical (unpaired) electrons. The van der Waals surface area contributed by atoms with Gasteiger partial charge in [-0.3, -0.25) is 4.79 Å². The van der Waals surface area contributed by atoms with Crippen molar-refractivity contribution in [3.63, 3.8) is 0 Å². The zero-order valence-electron chi connectivity index (χ0n) is 10.7. The van der Waals surface area contributed by atoms with E-state index in [2.05, 4.69) is 17.6 Å². The van der Waals surface area contributed by atoms with Crippen LogP contribution in [0.4, 0.5) is 0 Å². The molecule has 0 aliphatic carbocycles. The fraction of sp³-hybridized carbons (Fsp3) is 0.500. The van der Waals surface area contributed by atoms with Gasteiger partial charge in [0.15, 0.2) is 0 Å². The number of rotatable bonds is 5. The normalized spacial score (nSPS) is 14.5. The molecule has 1 aliphatic rings. The number of nitrogens with one attached hydrogen (secondary N) is 2. The van der Waals surface area contributed by atoms with Crippen LogP contribution in [0, 0.1) is 5.92 Å². The Morgan fingerprint density at radius 1 is 1.33 bits per heavy atom. The molecule has 18 heavy (non-hydrogen) atoms. The van der Waals surface area contributed by atoms with E-state index in [9.17, 15) is 4.79 Å². The van der Waals surface area contributed by atoms with Crippen molar-refractivity contribution in [3.05, 3.63) is 35.4 Å². The van der Waals surface area contributed by atoms with Crippen LogP contribution in [0.15, 0.2) is 24.3 Å². The number of hydrogen-bond acceptors (Lipinski definition) is 2. The summed E-state index contributed by atoms with van der Waals surface area (Å²) < 4.78 is 0. The first-order valence-electron chi connectivity index (χ1n) is 6.37. The van der Waals surface area contributed by atoms with Crippen LogP contribution < -0.4 is 10.6 Å². The fourth-order valence-electron chi connectivity index (χ4n) is 1.94. The van der Waals surface area contributed by atoms with Crippen LogP contribution in [-0.4, -0.2) is 25.5 Å². The molecule has 0 saturated carbocycles. The van der Waals surface area contributed by atoms with E-state index in [0.717, 1.165) is 38.0 Å². The van der Waals surface area contributed by atoms with Crippen LogP contribution in [0.5, 0.6) is 0 Å². The summed E-state index contributed by atoms with van der Waals surface area (Å²) in [5, 5.41) is 6.17. The summed E-state index contributed by atoms with van der Waals surface area (Å²) in [6.07, 6.45) is 2.22. The number of halogens is 1. The van der Waals surface area contributed by atoms with Gasteiger partial charge in [0.2, 0.25) is 0 Å². The van der Waals surface area contributed by atoms with Crippen LogP contribution in [-0.2, 0) is 6.42 Å². The summed E-state index contributed by atoms with van der Waals surface area (Å²) in [5.74, 6) is 0.651. The van der Waals surface area contributed by atoms with Crippen molar-refractivity contribution in [1.82, 2.24) is 10.6 Å². The zero-order valence-corrected chi connectivity index (χ0v) is 11.6. The lowest BCUT2D eigenvalue weighted by Gasteiger charge is -2.27. The van der Waals surface area contributed by atoms with Crippen LogP contribution in [0.1, 0.15) is 29.3 Å². The van der Waals surface area contributed by atoms with Gasteiger partial charge in [-0.2, -0.15) is 0 Å². The summed E-state index contributed by atoms with van der Waals surface area (Å²) in [4.78, 5) is 11.8. The second-order valence-corrected chi connectivity index (χ2v) is 4.68. The number of amides is 1. The molecule has 2 N–H and O–H groups in total. The summed E-state index contributed by atoms with van der Waals surface area (Å²) in [5.41, 5.74) is 2.06. The number of carbonyl (C=O) groups excluding carboxylic acids is 1. The smallest absolute Gasteiger partial charge is 0.251 e. The Balaban J connectivity index is 0.00000162. The molecular formula is C14H21ClN2O. The lowest BCUT2D eigenvalue weighted by atomic mass is 10.0. The molecule has 0 bridgehead atoms. The second-order valence-electron chi connectivity index (χ2n) is 4.68. The minimum absolute atomic E-state index is 0. The van der Waals surface area contributed by atoms with E-state index in [-0.39, 0.29) is 18.3 Å². The number of benzene rings is 1. The number of aryl methyl sites for hydroxylation is 1. The molecule has 0 atom stereocenters. The van der Waals surface area contributed by atoms with Crippen molar-refractivity contribution in [1.29, 1.82) is 0 Å². The predicted octanol–water partition coefficient (Wildman–Crippen LogP) is 2.01. The summed E-state index contributed by atoms with van der Waals surface area (Å²) in [7, 11) is 0. The fourth-order valence-corrected chi connectivity index (χ4v) is 1.94. The minimum Gasteiger partial charge on any atom is -0.352 e. The SMILES string of the molecule is CCCc1ccc(C(=O)NCC2CNC2)cc1.Cl. The molecule has 2 rings (SSSR count). The van der Waals surface area contributed by atoms with Crippen molar-refractivity contribution in [2.75, 3.05) is 19.6 Å². The molecule has 0 aromatic heterocycles. The van der Waals surface area contributed by atoms with Crippen molar-refractivity contribution >= 4 is 18.3 Å². The van der Waals surface area contributed by atoms with Gasteiger partial charge in [-0.05, 0) is 24.1 Å². The van der Waals surface area contributed by atoms with Gasteiger partial charge in [-0.25, -0.2) is 0 Å². The highest BCUT2D eigenvalue weighted by Gasteiger charge is 2.17. The zero-order chi connectivity index (χ0) is 12.1. The quantitative estimate of drug-likeness (QED) is 0.858. The maximum atomic E-state index is 11.8. The van der Waals surface area contributed by atoms with Gasteiger partial charge in [-0.1, -0.05) is 25.5 Å². The van der Waals surface area contributed by atoms with E-state index in [4.69, 9.17) is 0 Å². The monoisotopic (exact) mass is 268 g/mol. The number of hydrogen-bond donors (Lipinski definition) is 2. The summed E-state index contributed by atoms with van der Waals surface area (Å²) >= 11 is 0. The van der Waals surface area contributed by atoms with Gasteiger partial charge >= 0.3 is 0 Å². The largest absolute Gasteiger partial charge is 0.352 e. The van der Waals surface area contributed by atoms with Crippen molar-refractivity contribution in [3.8, 4) is 0 Å². The average Bonchev–Trinajstić information content (AvgIpc) is 2.28. The van der Waals surface area contributed by atoms with Gasteiger partial charge in [-0.15, -0.1) is 12.4 Å². The van der Waals surface area contributed by atoms with Crippen LogP contribution >= 0.6 is 12.4 Å². The highest BCUT2D eigenvalue weighted by Crippen LogP contribution is 2.07. The predicted molar refractivity (Wildman–Crippen MR) is 76.4 cm³/mol. The Morgan fingerprint density at radius 3 is 2.50 bits per heavy atom. The molecule has 1 aromatic carbocycles. The third kappa shape index (κ3) is 4.00. The van der Waals surface area contributed by atoms with Crippen LogP contribution in [0.2, 0.25) is 0 Å². The van der Waals surface area contributed by atoms with Crippen LogP contribution in [0.25, 0.3) is 0 Å². The molecule has 1 aliphatic heterocycles. The molecule has 1 saturated heterocycles. The van der Waals surface area contributed by atoms with Gasteiger partial charge in [0.25, 0.3) is 5.91 Å². The molecule has 0 spiro atoms. The Hall–Kier alpha value is -1.06. The molecule has 4 heteroatoms. The Labute approximate surface area is 115 Å². The number of carbonyl (C=O) groups is 1. The van der Waals surface area contributed by atoms with E-state index in [1.165, 1.54) is 5.56 Å². The van der Waals surface area contributed by atoms with E-state index in [1.54, 1.807) is 0 Å². The van der Waals surface area contributed by atoms with Gasteiger partial charge < -0.3 is 10.6 Å². The molecule has 1 heterocycles. The lowest BCUT2D eigenvalue weighted by molar-refractivity contribution is 0.0942. The molecule has 1 fully saturated rings. The Kier molecular flexibility index (Phi) is 6.16. The van der Waals surface area contributed by atoms with Gasteiger partial charge in [0, 0.05) is 31.1 Å². The Morgan fingerprint density at radius 2 is 2.00 bits per heavy atom. The molecule has 3 nitrogen and oxygen atoms in total. The maximum Gasteiger partial charge on any atom is 0.251 e. The first-order valence-corrected chi connectivity index (χ1v) is 6.37. The molecular weight excluding hydrogens is 248 g/mol. The molecule has 1 aromatic rings. The Bertz CT molecular complexity index is 374. The lowest BCUT2D eigenvalue weighted by Crippen LogP contribution is -2.48. The topological polar surface area (TPSA) is 41.1 Å². The average molecular weight is 269 g/mol. The second kappa shape index (κ2) is 7.39. The summed E-state index contributed by atoms with van der Waals surface area (Å²) in [6, 6.07) is 7.92. The first-order chi connectivity index (χ1) is 8.29. The van der Waals surface area contributed by atoms with E-state index in [0.29, 0.717) is 5.92 Å². The van der Waals surface area contributed by atoms with E-state index < -0.39 is 0 Å². The van der Waals surface area contributed by atoms with E-state index in [1.807, 2.05) is 24.3 Å². The van der Waals surface area contributed by atoms with Crippen molar-refractivity contribution in [2.24, 2.45) is 5.92 Å². The molecule has 1 amide bonds. The molecule has 100 valence electrons. The third-order valence-electron chi connectivity index (χ3n) is 3.17. The van der Waals surface area contributed by atoms with E-state index >= 15 is 0 Å². The van der Waals surface area contributed by atoms with Crippen LogP contribution in [0.3, 0.4) is 0 Å². The van der Waals surface area contributed by atoms with Gasteiger partial charge in [0.1, 0.15) is 0 Å². The minimum atomic E-state index is 0. The van der Waals surface area contributed by atoms with Crippen molar-refractivity contribution < 1.29 is 4.79 Å². The standard InChI is InChI=1S/C14H20N2O.ClH/c1-2-3-11-4-6-13(7-5-11)14(17)16-10-12-8-15-9-12;/h4-7,12,15H,2-3,8-10H2,1H3,(H,16,17);1H. The first kappa shape index (κ1) is 15.0. The molecule has 0 unspecified atom stereocenters. The van der Waals surface area contributed by atoms with Crippen molar-refractivity contribution in [2.45, 2.75) is 19.8 Å². The third-order valence-corrected chi connectivity index (χ3v) is 3.17.